The molecule has 0 unspecified atom stereocenters. The molecule has 6 nitrogen and oxygen atoms in total. The summed E-state index contributed by atoms with van der Waals surface area (Å²) < 4.78 is 27.8. The molecule has 2 aromatic carbocycles. The van der Waals surface area contributed by atoms with E-state index in [0.717, 1.165) is 16.7 Å². The smallest absolute Gasteiger partial charge is 0.251 e. The van der Waals surface area contributed by atoms with E-state index in [1.165, 1.54) is 12.1 Å². The molecule has 7 heteroatoms. The molecule has 144 valence electrons. The number of rotatable bonds is 7. The highest BCUT2D eigenvalue weighted by Gasteiger charge is 2.16. The Balaban J connectivity index is 1.69. The van der Waals surface area contributed by atoms with Crippen LogP contribution in [0.5, 0.6) is 0 Å². The fourth-order valence-electron chi connectivity index (χ4n) is 2.65. The first-order valence-electron chi connectivity index (χ1n) is 8.77. The number of benzene rings is 2. The molecule has 3 rings (SSSR count). The number of hydrogen-bond acceptors (Lipinski definition) is 4. The molecule has 1 aromatic heterocycles. The summed E-state index contributed by atoms with van der Waals surface area (Å²) in [6.45, 7) is 2.45. The van der Waals surface area contributed by atoms with Crippen LogP contribution in [0.1, 0.15) is 27.0 Å². The van der Waals surface area contributed by atoms with Crippen LogP contribution in [0.2, 0.25) is 0 Å². The molecule has 0 fully saturated rings. The molecule has 0 atom stereocenters. The predicted molar refractivity (Wildman–Crippen MR) is 107 cm³/mol. The number of aromatic nitrogens is 1. The van der Waals surface area contributed by atoms with Crippen molar-refractivity contribution in [2.45, 2.75) is 24.9 Å². The van der Waals surface area contributed by atoms with Crippen LogP contribution in [0.4, 0.5) is 0 Å². The molecular weight excluding hydrogens is 374 g/mol. The summed E-state index contributed by atoms with van der Waals surface area (Å²) in [5, 5.41) is 2.78. The number of carbonyl (C=O) groups excluding carboxylic acids is 1. The molecule has 1 heterocycles. The van der Waals surface area contributed by atoms with Gasteiger partial charge >= 0.3 is 0 Å². The van der Waals surface area contributed by atoms with E-state index < -0.39 is 10.0 Å². The van der Waals surface area contributed by atoms with Crippen LogP contribution in [0.15, 0.2) is 78.0 Å². The molecular formula is C21H21N3O3S. The standard InChI is InChI=1S/C21H21N3O3S/c1-16-5-2-3-6-19(16)15-24-28(26,27)20-8-4-7-18(13-20)21(25)23-14-17-9-11-22-12-10-17/h2-13,24H,14-15H2,1H3,(H,23,25). The minimum Gasteiger partial charge on any atom is -0.348 e. The quantitative estimate of drug-likeness (QED) is 0.644. The minimum atomic E-state index is -3.74. The second-order valence-corrected chi connectivity index (χ2v) is 8.08. The zero-order valence-corrected chi connectivity index (χ0v) is 16.2. The molecule has 0 saturated heterocycles. The van der Waals surface area contributed by atoms with Crippen LogP contribution in [0, 0.1) is 6.92 Å². The van der Waals surface area contributed by atoms with Crippen LogP contribution in [-0.4, -0.2) is 19.3 Å². The maximum atomic E-state index is 12.6. The first-order chi connectivity index (χ1) is 13.5. The molecule has 28 heavy (non-hydrogen) atoms. The molecule has 0 bridgehead atoms. The Morgan fingerprint density at radius 3 is 2.46 bits per heavy atom. The molecule has 2 N–H and O–H groups in total. The number of pyridine rings is 1. The third-order valence-corrected chi connectivity index (χ3v) is 5.72. The Labute approximate surface area is 164 Å². The van der Waals surface area contributed by atoms with Gasteiger partial charge in [-0.1, -0.05) is 30.3 Å². The molecule has 0 saturated carbocycles. The molecule has 1 amide bonds. The van der Waals surface area contributed by atoms with Crippen LogP contribution in [-0.2, 0) is 23.1 Å². The van der Waals surface area contributed by atoms with Crippen LogP contribution in [0.3, 0.4) is 0 Å². The second-order valence-electron chi connectivity index (χ2n) is 6.32. The third kappa shape index (κ3) is 5.03. The number of hydrogen-bond donors (Lipinski definition) is 2. The maximum Gasteiger partial charge on any atom is 0.251 e. The van der Waals surface area contributed by atoms with Crippen molar-refractivity contribution in [3.8, 4) is 0 Å². The number of nitrogens with zero attached hydrogens (tertiary/aromatic N) is 1. The Hall–Kier alpha value is -3.03. The van der Waals surface area contributed by atoms with Gasteiger partial charge in [0.1, 0.15) is 0 Å². The van der Waals surface area contributed by atoms with Crippen LogP contribution in [0.25, 0.3) is 0 Å². The fraction of sp³-hybridized carbons (Fsp3) is 0.143. The van der Waals surface area contributed by atoms with Crippen LogP contribution < -0.4 is 10.0 Å². The van der Waals surface area contributed by atoms with E-state index in [1.807, 2.05) is 31.2 Å². The zero-order chi connectivity index (χ0) is 20.0. The van der Waals surface area contributed by atoms with Crippen molar-refractivity contribution in [2.75, 3.05) is 0 Å². The SMILES string of the molecule is Cc1ccccc1CNS(=O)(=O)c1cccc(C(=O)NCc2ccncc2)c1. The van der Waals surface area contributed by atoms with Crippen molar-refractivity contribution in [1.29, 1.82) is 0 Å². The van der Waals surface area contributed by atoms with Crippen molar-refractivity contribution in [3.63, 3.8) is 0 Å². The lowest BCUT2D eigenvalue weighted by Crippen LogP contribution is -2.25. The normalized spacial score (nSPS) is 11.2. The van der Waals surface area contributed by atoms with Crippen LogP contribution >= 0.6 is 0 Å². The zero-order valence-electron chi connectivity index (χ0n) is 15.4. The lowest BCUT2D eigenvalue weighted by molar-refractivity contribution is 0.0950. The summed E-state index contributed by atoms with van der Waals surface area (Å²) in [7, 11) is -3.74. The fourth-order valence-corrected chi connectivity index (χ4v) is 3.71. The molecule has 0 aliphatic heterocycles. The van der Waals surface area contributed by atoms with E-state index >= 15 is 0 Å². The average Bonchev–Trinajstić information content (AvgIpc) is 2.72. The summed E-state index contributed by atoms with van der Waals surface area (Å²) in [4.78, 5) is 16.4. The first kappa shape index (κ1) is 19.7. The number of amides is 1. The van der Waals surface area contributed by atoms with Gasteiger partial charge in [-0.25, -0.2) is 13.1 Å². The van der Waals surface area contributed by atoms with Gasteiger partial charge in [0.2, 0.25) is 10.0 Å². The van der Waals surface area contributed by atoms with Crippen molar-refractivity contribution < 1.29 is 13.2 Å². The topological polar surface area (TPSA) is 88.2 Å². The van der Waals surface area contributed by atoms with Gasteiger partial charge < -0.3 is 5.32 Å². The van der Waals surface area contributed by atoms with Gasteiger partial charge in [0.25, 0.3) is 5.91 Å². The van der Waals surface area contributed by atoms with Gasteiger partial charge in [-0.05, 0) is 53.9 Å². The van der Waals surface area contributed by atoms with Crippen molar-refractivity contribution in [1.82, 2.24) is 15.0 Å². The summed E-state index contributed by atoms with van der Waals surface area (Å²) in [5.41, 5.74) is 3.10. The van der Waals surface area contributed by atoms with Crippen molar-refractivity contribution >= 4 is 15.9 Å². The summed E-state index contributed by atoms with van der Waals surface area (Å²) in [6.07, 6.45) is 3.30. The predicted octanol–water partition coefficient (Wildman–Crippen LogP) is 2.80. The largest absolute Gasteiger partial charge is 0.348 e. The Kier molecular flexibility index (Phi) is 6.18. The minimum absolute atomic E-state index is 0.0534. The highest BCUT2D eigenvalue weighted by molar-refractivity contribution is 7.89. The molecule has 0 spiro atoms. The highest BCUT2D eigenvalue weighted by atomic mass is 32.2. The Morgan fingerprint density at radius 1 is 0.964 bits per heavy atom. The summed E-state index contributed by atoms with van der Waals surface area (Å²) >= 11 is 0. The van der Waals surface area contributed by atoms with E-state index in [1.54, 1.807) is 36.7 Å². The van der Waals surface area contributed by atoms with Gasteiger partial charge in [0.05, 0.1) is 4.90 Å². The maximum absolute atomic E-state index is 12.6. The Morgan fingerprint density at radius 2 is 1.71 bits per heavy atom. The lowest BCUT2D eigenvalue weighted by atomic mass is 10.1. The molecule has 0 radical (unpaired) electrons. The van der Waals surface area contributed by atoms with Gasteiger partial charge in [0, 0.05) is 31.0 Å². The summed E-state index contributed by atoms with van der Waals surface area (Å²) in [6, 6.07) is 17.2. The monoisotopic (exact) mass is 395 g/mol. The van der Waals surface area contributed by atoms with E-state index in [0.29, 0.717) is 6.54 Å². The van der Waals surface area contributed by atoms with Gasteiger partial charge in [-0.3, -0.25) is 9.78 Å². The molecule has 3 aromatic rings. The van der Waals surface area contributed by atoms with E-state index in [9.17, 15) is 13.2 Å². The van der Waals surface area contributed by atoms with Crippen molar-refractivity contribution in [3.05, 3.63) is 95.3 Å². The molecule has 0 aliphatic rings. The van der Waals surface area contributed by atoms with E-state index in [-0.39, 0.29) is 22.9 Å². The number of carbonyl (C=O) groups is 1. The molecule has 0 aliphatic carbocycles. The average molecular weight is 395 g/mol. The Bertz CT molecular complexity index is 1070. The lowest BCUT2D eigenvalue weighted by Gasteiger charge is -2.10. The van der Waals surface area contributed by atoms with Gasteiger partial charge in [0.15, 0.2) is 0 Å². The van der Waals surface area contributed by atoms with Gasteiger partial charge in [-0.2, -0.15) is 0 Å². The third-order valence-electron chi connectivity index (χ3n) is 4.32. The summed E-state index contributed by atoms with van der Waals surface area (Å²) in [5.74, 6) is -0.340. The highest BCUT2D eigenvalue weighted by Crippen LogP contribution is 2.14. The van der Waals surface area contributed by atoms with E-state index in [2.05, 4.69) is 15.0 Å². The first-order valence-corrected chi connectivity index (χ1v) is 10.3. The number of aryl methyl sites for hydroxylation is 1. The number of sulfonamides is 1. The second kappa shape index (κ2) is 8.77. The van der Waals surface area contributed by atoms with Gasteiger partial charge in [-0.15, -0.1) is 0 Å². The van der Waals surface area contributed by atoms with E-state index in [4.69, 9.17) is 0 Å². The number of nitrogens with one attached hydrogen (secondary N) is 2. The van der Waals surface area contributed by atoms with Crippen molar-refractivity contribution in [2.24, 2.45) is 0 Å².